The molecule has 0 atom stereocenters. The van der Waals surface area contributed by atoms with Crippen molar-refractivity contribution < 1.29 is 9.18 Å². The molecule has 2 nitrogen and oxygen atoms in total. The van der Waals surface area contributed by atoms with Crippen LogP contribution in [-0.2, 0) is 4.79 Å². The molecule has 1 aromatic carbocycles. The first-order valence-corrected chi connectivity index (χ1v) is 7.40. The predicted octanol–water partition coefficient (Wildman–Crippen LogP) is 3.94. The number of thioether (sulfide) groups is 2. The first kappa shape index (κ1) is 13.4. The minimum Gasteiger partial charge on any atom is -0.279 e. The Morgan fingerprint density at radius 1 is 1.39 bits per heavy atom. The van der Waals surface area contributed by atoms with E-state index in [1.165, 1.54) is 23.9 Å². The van der Waals surface area contributed by atoms with E-state index in [9.17, 15) is 9.18 Å². The lowest BCUT2D eigenvalue weighted by Gasteiger charge is -1.93. The third-order valence-corrected chi connectivity index (χ3v) is 4.42. The van der Waals surface area contributed by atoms with Crippen LogP contribution >= 0.6 is 23.5 Å². The highest BCUT2D eigenvalue weighted by atomic mass is 32.2. The molecule has 1 heterocycles. The van der Waals surface area contributed by atoms with Crippen molar-refractivity contribution in [1.29, 1.82) is 0 Å². The Balaban J connectivity index is 2.14. The van der Waals surface area contributed by atoms with E-state index in [2.05, 4.69) is 11.9 Å². The van der Waals surface area contributed by atoms with Crippen molar-refractivity contribution in [3.63, 3.8) is 0 Å². The normalized spacial score (nSPS) is 17.3. The van der Waals surface area contributed by atoms with E-state index in [1.54, 1.807) is 30.0 Å². The molecule has 0 fully saturated rings. The number of hydrogen-bond acceptors (Lipinski definition) is 4. The van der Waals surface area contributed by atoms with E-state index in [-0.39, 0.29) is 10.9 Å². The van der Waals surface area contributed by atoms with Crippen LogP contribution < -0.4 is 0 Å². The van der Waals surface area contributed by atoms with Crippen molar-refractivity contribution in [1.82, 2.24) is 0 Å². The summed E-state index contributed by atoms with van der Waals surface area (Å²) in [5, 5.41) is -0.0436. The summed E-state index contributed by atoms with van der Waals surface area (Å²) in [6.45, 7) is 2.09. The topological polar surface area (TPSA) is 29.4 Å². The van der Waals surface area contributed by atoms with E-state index in [4.69, 9.17) is 0 Å². The molecule has 5 heteroatoms. The molecule has 1 aliphatic rings. The lowest BCUT2D eigenvalue weighted by Crippen LogP contribution is -1.88. The van der Waals surface area contributed by atoms with Crippen LogP contribution in [-0.4, -0.2) is 15.2 Å². The monoisotopic (exact) mass is 281 g/mol. The Morgan fingerprint density at radius 3 is 2.78 bits per heavy atom. The van der Waals surface area contributed by atoms with Crippen molar-refractivity contribution in [2.45, 2.75) is 13.3 Å². The molecule has 0 aliphatic carbocycles. The van der Waals surface area contributed by atoms with Crippen LogP contribution in [0.3, 0.4) is 0 Å². The zero-order chi connectivity index (χ0) is 13.0. The average molecular weight is 281 g/mol. The van der Waals surface area contributed by atoms with Gasteiger partial charge in [-0.25, -0.2) is 9.38 Å². The SMILES string of the molecule is CCCSC1=NC(=Cc2ccc(F)cc2)C(=O)S1. The van der Waals surface area contributed by atoms with Crippen molar-refractivity contribution in [2.24, 2.45) is 4.99 Å². The molecule has 0 radical (unpaired) electrons. The smallest absolute Gasteiger partial charge is 0.244 e. The van der Waals surface area contributed by atoms with Gasteiger partial charge in [-0.15, -0.1) is 0 Å². The molecular weight excluding hydrogens is 269 g/mol. The van der Waals surface area contributed by atoms with Crippen LogP contribution in [0.1, 0.15) is 18.9 Å². The summed E-state index contributed by atoms with van der Waals surface area (Å²) in [7, 11) is 0. The number of carbonyl (C=O) groups is 1. The Kier molecular flexibility index (Phi) is 4.60. The minimum absolute atomic E-state index is 0.0436. The quantitative estimate of drug-likeness (QED) is 0.786. The van der Waals surface area contributed by atoms with Gasteiger partial charge in [-0.3, -0.25) is 4.79 Å². The highest BCUT2D eigenvalue weighted by Crippen LogP contribution is 2.31. The van der Waals surface area contributed by atoms with Gasteiger partial charge in [0.25, 0.3) is 0 Å². The molecule has 0 saturated carbocycles. The Morgan fingerprint density at radius 2 is 2.11 bits per heavy atom. The molecule has 0 bridgehead atoms. The van der Waals surface area contributed by atoms with Gasteiger partial charge in [-0.2, -0.15) is 0 Å². The maximum atomic E-state index is 12.8. The summed E-state index contributed by atoms with van der Waals surface area (Å²) in [6.07, 6.45) is 2.74. The molecule has 1 aromatic rings. The number of benzene rings is 1. The molecule has 1 aliphatic heterocycles. The van der Waals surface area contributed by atoms with E-state index < -0.39 is 0 Å². The summed E-state index contributed by atoms with van der Waals surface area (Å²) in [6, 6.07) is 6.00. The number of carbonyl (C=O) groups excluding carboxylic acids is 1. The zero-order valence-corrected chi connectivity index (χ0v) is 11.5. The van der Waals surface area contributed by atoms with Gasteiger partial charge in [0.2, 0.25) is 5.12 Å². The standard InChI is InChI=1S/C13H12FNOS2/c1-2-7-17-13-15-11(12(16)18-13)8-9-3-5-10(14)6-4-9/h3-6,8H,2,7H2,1H3. The third kappa shape index (κ3) is 3.46. The second-order valence-electron chi connectivity index (χ2n) is 3.70. The fraction of sp³-hybridized carbons (Fsp3) is 0.231. The van der Waals surface area contributed by atoms with Crippen LogP contribution in [0.5, 0.6) is 0 Å². The van der Waals surface area contributed by atoms with Gasteiger partial charge < -0.3 is 0 Å². The van der Waals surface area contributed by atoms with E-state index in [0.717, 1.165) is 22.1 Å². The summed E-state index contributed by atoms with van der Waals surface area (Å²) in [5.41, 5.74) is 1.22. The van der Waals surface area contributed by atoms with Crippen molar-refractivity contribution >= 4 is 39.1 Å². The number of hydrogen-bond donors (Lipinski definition) is 0. The molecule has 0 unspecified atom stereocenters. The first-order valence-electron chi connectivity index (χ1n) is 5.60. The summed E-state index contributed by atoms with van der Waals surface area (Å²) in [4.78, 5) is 16.0. The van der Waals surface area contributed by atoms with Crippen molar-refractivity contribution in [3.05, 3.63) is 41.3 Å². The van der Waals surface area contributed by atoms with Crippen LogP contribution in [0.25, 0.3) is 6.08 Å². The summed E-state index contributed by atoms with van der Waals surface area (Å²) in [5.74, 6) is 0.676. The number of aliphatic imine (C=N–C) groups is 1. The van der Waals surface area contributed by atoms with Crippen LogP contribution in [0.15, 0.2) is 35.0 Å². The van der Waals surface area contributed by atoms with Gasteiger partial charge in [-0.05, 0) is 47.7 Å². The molecule has 0 amide bonds. The van der Waals surface area contributed by atoms with E-state index >= 15 is 0 Å². The molecule has 0 aromatic heterocycles. The first-order chi connectivity index (χ1) is 8.69. The number of rotatable bonds is 3. The van der Waals surface area contributed by atoms with Crippen LogP contribution in [0.4, 0.5) is 4.39 Å². The van der Waals surface area contributed by atoms with E-state index in [1.807, 2.05) is 0 Å². The van der Waals surface area contributed by atoms with Gasteiger partial charge in [0.15, 0.2) is 0 Å². The molecule has 0 saturated heterocycles. The fourth-order valence-corrected chi connectivity index (χ4v) is 3.12. The molecule has 0 N–H and O–H groups in total. The lowest BCUT2D eigenvalue weighted by atomic mass is 10.2. The predicted molar refractivity (Wildman–Crippen MR) is 77.2 cm³/mol. The number of halogens is 1. The van der Waals surface area contributed by atoms with Crippen molar-refractivity contribution in [2.75, 3.05) is 5.75 Å². The van der Waals surface area contributed by atoms with E-state index in [0.29, 0.717) is 5.70 Å². The molecule has 18 heavy (non-hydrogen) atoms. The average Bonchev–Trinajstić information content (AvgIpc) is 2.70. The Labute approximate surface area is 114 Å². The molecule has 94 valence electrons. The summed E-state index contributed by atoms with van der Waals surface area (Å²) >= 11 is 2.76. The van der Waals surface area contributed by atoms with Gasteiger partial charge in [-0.1, -0.05) is 30.8 Å². The second-order valence-corrected chi connectivity index (χ2v) is 6.00. The van der Waals surface area contributed by atoms with Gasteiger partial charge in [0.1, 0.15) is 15.9 Å². The van der Waals surface area contributed by atoms with Crippen molar-refractivity contribution in [3.8, 4) is 0 Å². The van der Waals surface area contributed by atoms with Crippen LogP contribution in [0, 0.1) is 5.82 Å². The third-order valence-electron chi connectivity index (χ3n) is 2.20. The number of nitrogens with zero attached hydrogens (tertiary/aromatic N) is 1. The van der Waals surface area contributed by atoms with Gasteiger partial charge in [0.05, 0.1) is 0 Å². The maximum absolute atomic E-state index is 12.8. The van der Waals surface area contributed by atoms with Crippen LogP contribution in [0.2, 0.25) is 0 Å². The second kappa shape index (κ2) is 6.20. The van der Waals surface area contributed by atoms with Gasteiger partial charge in [0, 0.05) is 0 Å². The maximum Gasteiger partial charge on any atom is 0.244 e. The highest BCUT2D eigenvalue weighted by molar-refractivity contribution is 8.45. The fourth-order valence-electron chi connectivity index (χ4n) is 1.36. The lowest BCUT2D eigenvalue weighted by molar-refractivity contribution is -0.107. The largest absolute Gasteiger partial charge is 0.279 e. The summed E-state index contributed by atoms with van der Waals surface area (Å²) < 4.78 is 13.6. The van der Waals surface area contributed by atoms with Gasteiger partial charge >= 0.3 is 0 Å². The molecule has 2 rings (SSSR count). The molecule has 0 spiro atoms. The Bertz CT molecular complexity index is 508. The Hall–Kier alpha value is -1.07. The zero-order valence-electron chi connectivity index (χ0n) is 9.85. The highest BCUT2D eigenvalue weighted by Gasteiger charge is 2.21. The molecular formula is C13H12FNOS2. The minimum atomic E-state index is -0.285.